The molecule has 4 unspecified atom stereocenters. The first kappa shape index (κ1) is 18.1. The summed E-state index contributed by atoms with van der Waals surface area (Å²) < 4.78 is 0. The molecule has 2 aliphatic rings. The first-order valence-corrected chi connectivity index (χ1v) is 10.4. The Morgan fingerprint density at radius 3 is 3.00 bits per heavy atom. The van der Waals surface area contributed by atoms with Crippen LogP contribution in [0.3, 0.4) is 0 Å². The molecule has 0 spiro atoms. The summed E-state index contributed by atoms with van der Waals surface area (Å²) in [6.07, 6.45) is 8.63. The number of aromatic nitrogens is 1. The number of fused-ring (bicyclic) bond motifs is 2. The lowest BCUT2D eigenvalue weighted by Gasteiger charge is -2.47. The number of hydrogen-bond donors (Lipinski definition) is 1. The zero-order chi connectivity index (χ0) is 19.0. The molecule has 1 saturated carbocycles. The van der Waals surface area contributed by atoms with Gasteiger partial charge in [-0.15, -0.1) is 0 Å². The predicted octanol–water partition coefficient (Wildman–Crippen LogP) is 4.96. The highest BCUT2D eigenvalue weighted by molar-refractivity contribution is 5.90. The van der Waals surface area contributed by atoms with Crippen molar-refractivity contribution in [3.05, 3.63) is 35.5 Å². The Labute approximate surface area is 161 Å². The van der Waals surface area contributed by atoms with E-state index < -0.39 is 0 Å². The van der Waals surface area contributed by atoms with Gasteiger partial charge in [0.25, 0.3) is 0 Å². The number of rotatable bonds is 3. The van der Waals surface area contributed by atoms with Gasteiger partial charge in [-0.05, 0) is 54.7 Å². The van der Waals surface area contributed by atoms with Crippen molar-refractivity contribution in [2.45, 2.75) is 64.3 Å². The molecule has 2 heterocycles. The molecule has 0 bridgehead atoms. The summed E-state index contributed by atoms with van der Waals surface area (Å²) in [5, 5.41) is 10.4. The molecule has 4 nitrogen and oxygen atoms in total. The van der Waals surface area contributed by atoms with Gasteiger partial charge in [0, 0.05) is 36.1 Å². The van der Waals surface area contributed by atoms with Crippen LogP contribution in [0.1, 0.15) is 69.4 Å². The number of piperidine rings is 1. The molecule has 27 heavy (non-hydrogen) atoms. The molecular weight excluding hydrogens is 334 g/mol. The average molecular weight is 364 g/mol. The maximum Gasteiger partial charge on any atom is 0.223 e. The van der Waals surface area contributed by atoms with E-state index in [0.717, 1.165) is 35.3 Å². The summed E-state index contributed by atoms with van der Waals surface area (Å²) in [4.78, 5) is 18.7. The predicted molar refractivity (Wildman–Crippen MR) is 107 cm³/mol. The summed E-state index contributed by atoms with van der Waals surface area (Å²) >= 11 is 0. The van der Waals surface area contributed by atoms with Gasteiger partial charge in [0.05, 0.1) is 11.6 Å². The maximum atomic E-state index is 13.2. The van der Waals surface area contributed by atoms with Crippen molar-refractivity contribution in [1.82, 2.24) is 9.88 Å². The summed E-state index contributed by atoms with van der Waals surface area (Å²) in [6, 6.07) is 8.48. The summed E-state index contributed by atoms with van der Waals surface area (Å²) in [5.41, 5.74) is 2.74. The van der Waals surface area contributed by atoms with E-state index in [4.69, 9.17) is 0 Å². The Morgan fingerprint density at radius 1 is 1.33 bits per heavy atom. The number of benzene rings is 1. The molecule has 1 aliphatic heterocycles. The molecule has 1 amide bonds. The monoisotopic (exact) mass is 363 g/mol. The molecule has 142 valence electrons. The number of nitriles is 1. The lowest BCUT2D eigenvalue weighted by atomic mass is 9.72. The highest BCUT2D eigenvalue weighted by Gasteiger charge is 2.39. The Bertz CT molecular complexity index is 877. The first-order chi connectivity index (χ1) is 13.1. The highest BCUT2D eigenvalue weighted by atomic mass is 16.2. The van der Waals surface area contributed by atoms with E-state index >= 15 is 0 Å². The Morgan fingerprint density at radius 2 is 2.19 bits per heavy atom. The van der Waals surface area contributed by atoms with Gasteiger partial charge in [-0.3, -0.25) is 4.79 Å². The maximum absolute atomic E-state index is 13.2. The van der Waals surface area contributed by atoms with Crippen LogP contribution in [0.4, 0.5) is 0 Å². The van der Waals surface area contributed by atoms with Crippen LogP contribution in [-0.2, 0) is 4.79 Å². The molecule has 1 N–H and O–H groups in total. The summed E-state index contributed by atoms with van der Waals surface area (Å²) in [5.74, 6) is 1.81. The normalized spacial score (nSPS) is 26.4. The smallest absolute Gasteiger partial charge is 0.223 e. The lowest BCUT2D eigenvalue weighted by molar-refractivity contribution is -0.138. The minimum absolute atomic E-state index is 0.0992. The largest absolute Gasteiger partial charge is 0.361 e. The summed E-state index contributed by atoms with van der Waals surface area (Å²) in [7, 11) is 0. The highest BCUT2D eigenvalue weighted by Crippen LogP contribution is 2.40. The van der Waals surface area contributed by atoms with E-state index in [-0.39, 0.29) is 11.8 Å². The summed E-state index contributed by atoms with van der Waals surface area (Å²) in [6.45, 7) is 5.39. The van der Waals surface area contributed by atoms with Gasteiger partial charge in [-0.25, -0.2) is 0 Å². The number of H-pyrrole nitrogens is 1. The van der Waals surface area contributed by atoms with E-state index in [1.807, 2.05) is 24.4 Å². The van der Waals surface area contributed by atoms with Crippen LogP contribution in [0, 0.1) is 23.2 Å². The van der Waals surface area contributed by atoms with Crippen molar-refractivity contribution in [1.29, 1.82) is 5.26 Å². The van der Waals surface area contributed by atoms with Crippen LogP contribution in [0.15, 0.2) is 24.4 Å². The molecule has 0 radical (unpaired) electrons. The van der Waals surface area contributed by atoms with Gasteiger partial charge in [0.2, 0.25) is 5.91 Å². The van der Waals surface area contributed by atoms with Crippen molar-refractivity contribution in [3.63, 3.8) is 0 Å². The van der Waals surface area contributed by atoms with Gasteiger partial charge in [-0.1, -0.05) is 32.8 Å². The van der Waals surface area contributed by atoms with Crippen LogP contribution >= 0.6 is 0 Å². The molecule has 1 aliphatic carbocycles. The van der Waals surface area contributed by atoms with Crippen molar-refractivity contribution < 1.29 is 4.79 Å². The number of carbonyl (C=O) groups is 1. The van der Waals surface area contributed by atoms with Gasteiger partial charge in [0.1, 0.15) is 0 Å². The molecule has 1 aromatic heterocycles. The van der Waals surface area contributed by atoms with E-state index in [9.17, 15) is 10.1 Å². The third-order valence-corrected chi connectivity index (χ3v) is 6.91. The standard InChI is InChI=1S/C23H29N3O/c1-15-6-3-10-21-18(15)8-5-11-26(21)22(27)12-16(2)19-14-25-20-9-4-7-17(13-24)23(19)20/h4,7,9,14-16,18,21,25H,3,5-6,8,10-12H2,1-2H3. The van der Waals surface area contributed by atoms with Crippen molar-refractivity contribution >= 4 is 16.8 Å². The topological polar surface area (TPSA) is 59.9 Å². The van der Waals surface area contributed by atoms with E-state index in [1.165, 1.54) is 25.7 Å². The van der Waals surface area contributed by atoms with Gasteiger partial charge < -0.3 is 9.88 Å². The first-order valence-electron chi connectivity index (χ1n) is 10.4. The minimum Gasteiger partial charge on any atom is -0.361 e. The lowest BCUT2D eigenvalue weighted by Crippen LogP contribution is -2.51. The number of carbonyl (C=O) groups excluding carboxylic acids is 1. The van der Waals surface area contributed by atoms with Crippen LogP contribution in [0.25, 0.3) is 10.9 Å². The minimum atomic E-state index is 0.0992. The van der Waals surface area contributed by atoms with Crippen LogP contribution in [0.2, 0.25) is 0 Å². The average Bonchev–Trinajstić information content (AvgIpc) is 3.12. The molecule has 4 atom stereocenters. The van der Waals surface area contributed by atoms with Gasteiger partial charge in [-0.2, -0.15) is 5.26 Å². The molecule has 4 rings (SSSR count). The molecule has 2 aromatic rings. The number of hydrogen-bond acceptors (Lipinski definition) is 2. The fourth-order valence-electron chi connectivity index (χ4n) is 5.48. The molecule has 4 heteroatoms. The van der Waals surface area contributed by atoms with E-state index in [0.29, 0.717) is 23.9 Å². The van der Waals surface area contributed by atoms with Crippen molar-refractivity contribution in [3.8, 4) is 6.07 Å². The number of aromatic amines is 1. The molecule has 1 saturated heterocycles. The van der Waals surface area contributed by atoms with Crippen LogP contribution in [-0.4, -0.2) is 28.4 Å². The fourth-order valence-corrected chi connectivity index (χ4v) is 5.48. The second-order valence-electron chi connectivity index (χ2n) is 8.56. The zero-order valence-corrected chi connectivity index (χ0v) is 16.4. The Kier molecular flexibility index (Phi) is 4.95. The van der Waals surface area contributed by atoms with Crippen molar-refractivity contribution in [2.75, 3.05) is 6.54 Å². The third-order valence-electron chi connectivity index (χ3n) is 6.91. The number of nitrogens with one attached hydrogen (secondary N) is 1. The SMILES string of the molecule is CC(CC(=O)N1CCCC2C(C)CCCC21)c1c[nH]c2cccc(C#N)c12. The molecule has 2 fully saturated rings. The Balaban J connectivity index is 1.54. The third kappa shape index (κ3) is 3.25. The van der Waals surface area contributed by atoms with E-state index in [2.05, 4.69) is 29.8 Å². The van der Waals surface area contributed by atoms with Crippen LogP contribution < -0.4 is 0 Å². The quantitative estimate of drug-likeness (QED) is 0.838. The Hall–Kier alpha value is -2.28. The number of amides is 1. The second-order valence-corrected chi connectivity index (χ2v) is 8.56. The number of nitrogens with zero attached hydrogens (tertiary/aromatic N) is 2. The number of likely N-dealkylation sites (tertiary alicyclic amines) is 1. The van der Waals surface area contributed by atoms with Crippen LogP contribution in [0.5, 0.6) is 0 Å². The van der Waals surface area contributed by atoms with Crippen molar-refractivity contribution in [2.24, 2.45) is 11.8 Å². The van der Waals surface area contributed by atoms with E-state index in [1.54, 1.807) is 0 Å². The second kappa shape index (κ2) is 7.38. The molecular formula is C23H29N3O. The van der Waals surface area contributed by atoms with Gasteiger partial charge >= 0.3 is 0 Å². The zero-order valence-electron chi connectivity index (χ0n) is 16.4. The molecule has 1 aromatic carbocycles. The van der Waals surface area contributed by atoms with Gasteiger partial charge in [0.15, 0.2) is 0 Å². The fraction of sp³-hybridized carbons (Fsp3) is 0.565.